The van der Waals surface area contributed by atoms with Gasteiger partial charge in [-0.15, -0.1) is 0 Å². The molecular weight excluding hydrogens is 284 g/mol. The smallest absolute Gasteiger partial charge is 0.119 e. The van der Waals surface area contributed by atoms with E-state index in [9.17, 15) is 0 Å². The third-order valence-corrected chi connectivity index (χ3v) is 4.57. The summed E-state index contributed by atoms with van der Waals surface area (Å²) in [4.78, 5) is 0. The van der Waals surface area contributed by atoms with Crippen LogP contribution >= 0.6 is 0 Å². The van der Waals surface area contributed by atoms with Gasteiger partial charge in [0.05, 0.1) is 14.2 Å². The molecule has 0 unspecified atom stereocenters. The first-order valence-corrected chi connectivity index (χ1v) is 7.73. The highest BCUT2D eigenvalue weighted by Gasteiger charge is 2.30. The quantitative estimate of drug-likeness (QED) is 0.538. The van der Waals surface area contributed by atoms with Gasteiger partial charge >= 0.3 is 0 Å². The summed E-state index contributed by atoms with van der Waals surface area (Å²) in [7, 11) is 3.41. The van der Waals surface area contributed by atoms with Gasteiger partial charge in [-0.05, 0) is 52.1 Å². The second-order valence-corrected chi connectivity index (χ2v) is 5.75. The Hall–Kier alpha value is -2.74. The second kappa shape index (κ2) is 5.47. The molecule has 0 aromatic heterocycles. The lowest BCUT2D eigenvalue weighted by Crippen LogP contribution is -1.98. The summed E-state index contributed by atoms with van der Waals surface area (Å²) < 4.78 is 10.8. The van der Waals surface area contributed by atoms with E-state index < -0.39 is 0 Å². The zero-order valence-corrected chi connectivity index (χ0v) is 13.2. The van der Waals surface area contributed by atoms with Crippen LogP contribution in [0.15, 0.2) is 66.7 Å². The van der Waals surface area contributed by atoms with Crippen molar-refractivity contribution in [1.29, 1.82) is 0 Å². The van der Waals surface area contributed by atoms with Gasteiger partial charge in [0.2, 0.25) is 0 Å². The minimum absolute atomic E-state index is 0.262. The standard InChI is InChI=1S/C21H18O2/c1-22-15-8-10-17-19(12-15)20-13-16(23-2)9-11-18(20)21(17)14-6-4-3-5-7-14/h3-13,21H,1-2H3. The number of fused-ring (bicyclic) bond motifs is 3. The average molecular weight is 302 g/mol. The van der Waals surface area contributed by atoms with Crippen LogP contribution in [0.1, 0.15) is 22.6 Å². The highest BCUT2D eigenvalue weighted by atomic mass is 16.5. The first kappa shape index (κ1) is 13.9. The Morgan fingerprint density at radius 3 is 1.65 bits per heavy atom. The van der Waals surface area contributed by atoms with Crippen LogP contribution in [-0.2, 0) is 0 Å². The molecule has 0 fully saturated rings. The molecule has 0 N–H and O–H groups in total. The van der Waals surface area contributed by atoms with Gasteiger partial charge in [0.1, 0.15) is 11.5 Å². The third kappa shape index (κ3) is 2.18. The lowest BCUT2D eigenvalue weighted by molar-refractivity contribution is 0.414. The van der Waals surface area contributed by atoms with Crippen molar-refractivity contribution in [1.82, 2.24) is 0 Å². The van der Waals surface area contributed by atoms with Crippen LogP contribution in [0.5, 0.6) is 11.5 Å². The largest absolute Gasteiger partial charge is 0.497 e. The van der Waals surface area contributed by atoms with E-state index in [0.29, 0.717) is 0 Å². The van der Waals surface area contributed by atoms with E-state index in [1.54, 1.807) is 14.2 Å². The molecule has 1 aliphatic rings. The van der Waals surface area contributed by atoms with Gasteiger partial charge in [0, 0.05) is 5.92 Å². The fourth-order valence-corrected chi connectivity index (χ4v) is 3.47. The van der Waals surface area contributed by atoms with E-state index in [-0.39, 0.29) is 5.92 Å². The van der Waals surface area contributed by atoms with E-state index in [0.717, 1.165) is 11.5 Å². The van der Waals surface area contributed by atoms with E-state index in [4.69, 9.17) is 9.47 Å². The van der Waals surface area contributed by atoms with Crippen molar-refractivity contribution in [2.45, 2.75) is 5.92 Å². The van der Waals surface area contributed by atoms with Crippen molar-refractivity contribution in [3.8, 4) is 22.6 Å². The molecule has 0 spiro atoms. The molecule has 4 rings (SSSR count). The normalized spacial score (nSPS) is 12.6. The highest BCUT2D eigenvalue weighted by Crippen LogP contribution is 2.49. The molecule has 3 aromatic carbocycles. The molecule has 0 heterocycles. The highest BCUT2D eigenvalue weighted by molar-refractivity contribution is 5.82. The van der Waals surface area contributed by atoms with Gasteiger partial charge in [-0.3, -0.25) is 0 Å². The summed E-state index contributed by atoms with van der Waals surface area (Å²) in [6.07, 6.45) is 0. The SMILES string of the molecule is COc1ccc2c(c1)-c1cc(OC)ccc1C2c1ccccc1. The topological polar surface area (TPSA) is 18.5 Å². The fourth-order valence-electron chi connectivity index (χ4n) is 3.47. The van der Waals surface area contributed by atoms with Crippen molar-refractivity contribution in [2.75, 3.05) is 14.2 Å². The number of rotatable bonds is 3. The first-order valence-electron chi connectivity index (χ1n) is 7.73. The molecule has 0 bridgehead atoms. The molecule has 1 aliphatic carbocycles. The van der Waals surface area contributed by atoms with Crippen molar-refractivity contribution in [3.05, 3.63) is 83.4 Å². The average Bonchev–Trinajstić information content (AvgIpc) is 2.95. The first-order chi connectivity index (χ1) is 11.3. The van der Waals surface area contributed by atoms with Crippen LogP contribution in [0.3, 0.4) is 0 Å². The predicted octanol–water partition coefficient (Wildman–Crippen LogP) is 4.86. The Kier molecular flexibility index (Phi) is 3.30. The van der Waals surface area contributed by atoms with E-state index in [2.05, 4.69) is 54.6 Å². The number of hydrogen-bond acceptors (Lipinski definition) is 2. The van der Waals surface area contributed by atoms with E-state index >= 15 is 0 Å². The summed E-state index contributed by atoms with van der Waals surface area (Å²) >= 11 is 0. The third-order valence-electron chi connectivity index (χ3n) is 4.57. The van der Waals surface area contributed by atoms with Gasteiger partial charge in [0.25, 0.3) is 0 Å². The number of methoxy groups -OCH3 is 2. The summed E-state index contributed by atoms with van der Waals surface area (Å²) in [5.74, 6) is 2.02. The van der Waals surface area contributed by atoms with Crippen LogP contribution < -0.4 is 9.47 Å². The predicted molar refractivity (Wildman–Crippen MR) is 92.4 cm³/mol. The zero-order chi connectivity index (χ0) is 15.8. The maximum atomic E-state index is 5.42. The van der Waals surface area contributed by atoms with Crippen LogP contribution in [0.2, 0.25) is 0 Å². The summed E-state index contributed by atoms with van der Waals surface area (Å²) in [5.41, 5.74) is 6.41. The summed E-state index contributed by atoms with van der Waals surface area (Å²) in [5, 5.41) is 0. The van der Waals surface area contributed by atoms with Crippen molar-refractivity contribution in [3.63, 3.8) is 0 Å². The van der Waals surface area contributed by atoms with Crippen molar-refractivity contribution in [2.24, 2.45) is 0 Å². The molecule has 2 heteroatoms. The van der Waals surface area contributed by atoms with Gasteiger partial charge in [-0.2, -0.15) is 0 Å². The monoisotopic (exact) mass is 302 g/mol. The molecule has 0 aliphatic heterocycles. The Balaban J connectivity index is 1.97. The molecule has 0 amide bonds. The Morgan fingerprint density at radius 2 is 1.17 bits per heavy atom. The number of hydrogen-bond donors (Lipinski definition) is 0. The van der Waals surface area contributed by atoms with Gasteiger partial charge < -0.3 is 9.47 Å². The molecule has 0 saturated carbocycles. The molecule has 23 heavy (non-hydrogen) atoms. The summed E-state index contributed by atoms with van der Waals surface area (Å²) in [6.45, 7) is 0. The lowest BCUT2D eigenvalue weighted by Gasteiger charge is -2.14. The van der Waals surface area contributed by atoms with Gasteiger partial charge in [-0.1, -0.05) is 42.5 Å². The van der Waals surface area contributed by atoms with Crippen LogP contribution in [0, 0.1) is 0 Å². The maximum absolute atomic E-state index is 5.42. The second-order valence-electron chi connectivity index (χ2n) is 5.75. The van der Waals surface area contributed by atoms with Crippen LogP contribution in [0.25, 0.3) is 11.1 Å². The number of benzene rings is 3. The maximum Gasteiger partial charge on any atom is 0.119 e. The van der Waals surface area contributed by atoms with E-state index in [1.165, 1.54) is 27.8 Å². The van der Waals surface area contributed by atoms with E-state index in [1.807, 2.05) is 12.1 Å². The van der Waals surface area contributed by atoms with Gasteiger partial charge in [0.15, 0.2) is 0 Å². The Morgan fingerprint density at radius 1 is 0.652 bits per heavy atom. The molecule has 3 aromatic rings. The van der Waals surface area contributed by atoms with Crippen LogP contribution in [0.4, 0.5) is 0 Å². The lowest BCUT2D eigenvalue weighted by atomic mass is 9.89. The van der Waals surface area contributed by atoms with Gasteiger partial charge in [-0.25, -0.2) is 0 Å². The molecule has 0 radical (unpaired) electrons. The number of ether oxygens (including phenoxy) is 2. The minimum atomic E-state index is 0.262. The minimum Gasteiger partial charge on any atom is -0.497 e. The zero-order valence-electron chi connectivity index (χ0n) is 13.2. The van der Waals surface area contributed by atoms with Crippen molar-refractivity contribution >= 4 is 0 Å². The van der Waals surface area contributed by atoms with Crippen LogP contribution in [-0.4, -0.2) is 14.2 Å². The summed E-state index contributed by atoms with van der Waals surface area (Å²) in [6, 6.07) is 23.3. The fraction of sp³-hybridized carbons (Fsp3) is 0.143. The molecule has 0 atom stereocenters. The Labute approximate surface area is 136 Å². The molecule has 2 nitrogen and oxygen atoms in total. The molecule has 114 valence electrons. The Bertz CT molecular complexity index is 799. The molecular formula is C21H18O2. The molecule has 0 saturated heterocycles. The van der Waals surface area contributed by atoms with Crippen molar-refractivity contribution < 1.29 is 9.47 Å².